The minimum atomic E-state index is -0.404. The third-order valence-corrected chi connectivity index (χ3v) is 3.36. The fraction of sp³-hybridized carbons (Fsp3) is 0.429. The first-order valence-electron chi connectivity index (χ1n) is 7.00. The summed E-state index contributed by atoms with van der Waals surface area (Å²) in [5, 5.41) is 18.9. The van der Waals surface area contributed by atoms with Gasteiger partial charge in [-0.15, -0.1) is 5.10 Å². The predicted molar refractivity (Wildman–Crippen MR) is 78.7 cm³/mol. The van der Waals surface area contributed by atoms with Crippen LogP contribution in [0.2, 0.25) is 0 Å². The first kappa shape index (κ1) is 15.1. The van der Waals surface area contributed by atoms with Gasteiger partial charge in [-0.1, -0.05) is 30.7 Å². The van der Waals surface area contributed by atoms with Crippen molar-refractivity contribution in [1.82, 2.24) is 15.0 Å². The highest BCUT2D eigenvalue weighted by atomic mass is 16.6. The minimum Gasteiger partial charge on any atom is -0.325 e. The normalized spacial score (nSPS) is 10.8. The van der Waals surface area contributed by atoms with E-state index in [0.29, 0.717) is 13.1 Å². The number of nitrogens with two attached hydrogens (primary N) is 1. The van der Waals surface area contributed by atoms with Crippen LogP contribution < -0.4 is 5.73 Å². The number of nitro benzene ring substituents is 1. The number of nitrogens with zero attached hydrogens (tertiary/aromatic N) is 4. The molecule has 0 amide bonds. The predicted octanol–water partition coefficient (Wildman–Crippen LogP) is 2.04. The molecule has 0 fully saturated rings. The van der Waals surface area contributed by atoms with Crippen LogP contribution in [-0.4, -0.2) is 19.9 Å². The fourth-order valence-corrected chi connectivity index (χ4v) is 2.17. The van der Waals surface area contributed by atoms with E-state index in [-0.39, 0.29) is 5.69 Å². The lowest BCUT2D eigenvalue weighted by atomic mass is 10.1. The molecule has 0 aliphatic carbocycles. The lowest BCUT2D eigenvalue weighted by Gasteiger charge is -2.07. The lowest BCUT2D eigenvalue weighted by Crippen LogP contribution is -2.09. The highest BCUT2D eigenvalue weighted by Crippen LogP contribution is 2.15. The second kappa shape index (κ2) is 6.94. The van der Waals surface area contributed by atoms with Gasteiger partial charge in [0.2, 0.25) is 0 Å². The van der Waals surface area contributed by atoms with Crippen LogP contribution in [-0.2, 0) is 19.5 Å². The average molecular weight is 289 g/mol. The smallest absolute Gasteiger partial charge is 0.269 e. The van der Waals surface area contributed by atoms with Crippen LogP contribution in [0.4, 0.5) is 5.69 Å². The molecule has 7 heteroatoms. The largest absolute Gasteiger partial charge is 0.325 e. The summed E-state index contributed by atoms with van der Waals surface area (Å²) >= 11 is 0. The zero-order chi connectivity index (χ0) is 15.2. The van der Waals surface area contributed by atoms with Crippen LogP contribution in [0.25, 0.3) is 0 Å². The van der Waals surface area contributed by atoms with Crippen molar-refractivity contribution < 1.29 is 4.92 Å². The van der Waals surface area contributed by atoms with Gasteiger partial charge in [0.1, 0.15) is 0 Å². The molecule has 7 nitrogen and oxygen atoms in total. The summed E-state index contributed by atoms with van der Waals surface area (Å²) in [5.74, 6) is 0. The fourth-order valence-electron chi connectivity index (χ4n) is 2.17. The zero-order valence-electron chi connectivity index (χ0n) is 12.0. The first-order valence-corrected chi connectivity index (χ1v) is 7.00. The number of nitro groups is 1. The molecule has 2 aromatic rings. The van der Waals surface area contributed by atoms with Crippen LogP contribution in [0.15, 0.2) is 24.3 Å². The molecule has 1 heterocycles. The molecule has 2 N–H and O–H groups in total. The van der Waals surface area contributed by atoms with Gasteiger partial charge in [-0.25, -0.2) is 4.68 Å². The van der Waals surface area contributed by atoms with Gasteiger partial charge < -0.3 is 5.73 Å². The Morgan fingerprint density at radius 1 is 1.33 bits per heavy atom. The highest BCUT2D eigenvalue weighted by molar-refractivity contribution is 5.33. The van der Waals surface area contributed by atoms with Crippen molar-refractivity contribution in [1.29, 1.82) is 0 Å². The highest BCUT2D eigenvalue weighted by Gasteiger charge is 2.12. The molecule has 0 aliphatic heterocycles. The van der Waals surface area contributed by atoms with Crippen LogP contribution >= 0.6 is 0 Å². The lowest BCUT2D eigenvalue weighted by molar-refractivity contribution is -0.384. The molecular weight excluding hydrogens is 270 g/mol. The number of hydrogen-bond acceptors (Lipinski definition) is 5. The number of rotatable bonds is 7. The monoisotopic (exact) mass is 289 g/mol. The van der Waals surface area contributed by atoms with Gasteiger partial charge in [-0.05, 0) is 18.4 Å². The summed E-state index contributed by atoms with van der Waals surface area (Å²) in [6.45, 7) is 3.05. The van der Waals surface area contributed by atoms with Crippen molar-refractivity contribution in [3.05, 3.63) is 51.3 Å². The van der Waals surface area contributed by atoms with Crippen LogP contribution in [0.3, 0.4) is 0 Å². The van der Waals surface area contributed by atoms with Gasteiger partial charge in [0, 0.05) is 18.7 Å². The molecule has 0 spiro atoms. The van der Waals surface area contributed by atoms with Crippen LogP contribution in [0.1, 0.15) is 36.7 Å². The van der Waals surface area contributed by atoms with Crippen LogP contribution in [0.5, 0.6) is 0 Å². The Bertz CT molecular complexity index is 606. The summed E-state index contributed by atoms with van der Waals surface area (Å²) < 4.78 is 1.83. The van der Waals surface area contributed by atoms with Gasteiger partial charge in [0.25, 0.3) is 5.69 Å². The van der Waals surface area contributed by atoms with E-state index < -0.39 is 4.92 Å². The van der Waals surface area contributed by atoms with Gasteiger partial charge in [0.05, 0.1) is 22.9 Å². The summed E-state index contributed by atoms with van der Waals surface area (Å²) in [6, 6.07) is 6.49. The molecule has 0 bridgehead atoms. The molecule has 0 unspecified atom stereocenters. The van der Waals surface area contributed by atoms with Gasteiger partial charge >= 0.3 is 0 Å². The zero-order valence-corrected chi connectivity index (χ0v) is 12.0. The molecule has 0 atom stereocenters. The molecule has 21 heavy (non-hydrogen) atoms. The molecule has 0 saturated carbocycles. The summed E-state index contributed by atoms with van der Waals surface area (Å²) in [4.78, 5) is 10.2. The van der Waals surface area contributed by atoms with Crippen molar-refractivity contribution in [2.45, 2.75) is 39.3 Å². The molecule has 1 aromatic heterocycles. The number of hydrogen-bond donors (Lipinski definition) is 1. The maximum Gasteiger partial charge on any atom is 0.269 e. The summed E-state index contributed by atoms with van der Waals surface area (Å²) in [5.41, 5.74) is 8.61. The SMILES string of the molecule is CCCCc1c(CN)nnn1Cc1ccc([N+](=O)[O-])cc1. The van der Waals surface area contributed by atoms with Crippen molar-refractivity contribution in [3.8, 4) is 0 Å². The molecule has 0 saturated heterocycles. The third kappa shape index (κ3) is 3.63. The van der Waals surface area contributed by atoms with Gasteiger partial charge in [-0.3, -0.25) is 10.1 Å². The number of unbranched alkanes of at least 4 members (excludes halogenated alkanes) is 1. The van der Waals surface area contributed by atoms with E-state index in [4.69, 9.17) is 5.73 Å². The van der Waals surface area contributed by atoms with Crippen molar-refractivity contribution in [2.24, 2.45) is 5.73 Å². The van der Waals surface area contributed by atoms with E-state index in [2.05, 4.69) is 17.2 Å². The molecular formula is C14H19N5O2. The summed E-state index contributed by atoms with van der Waals surface area (Å²) in [6.07, 6.45) is 3.04. The Hall–Kier alpha value is -2.28. The maximum absolute atomic E-state index is 10.6. The number of aromatic nitrogens is 3. The number of benzene rings is 1. The Morgan fingerprint density at radius 2 is 2.05 bits per heavy atom. The van der Waals surface area contributed by atoms with E-state index >= 15 is 0 Å². The minimum absolute atomic E-state index is 0.0891. The molecule has 2 rings (SSSR count). The third-order valence-electron chi connectivity index (χ3n) is 3.36. The molecule has 0 aliphatic rings. The topological polar surface area (TPSA) is 99.9 Å². The Morgan fingerprint density at radius 3 is 2.62 bits per heavy atom. The van der Waals surface area contributed by atoms with Crippen molar-refractivity contribution in [2.75, 3.05) is 0 Å². The first-order chi connectivity index (χ1) is 10.2. The maximum atomic E-state index is 10.6. The molecule has 1 aromatic carbocycles. The van der Waals surface area contributed by atoms with Gasteiger partial charge in [-0.2, -0.15) is 0 Å². The van der Waals surface area contributed by atoms with Gasteiger partial charge in [0.15, 0.2) is 0 Å². The Labute approximate surface area is 122 Å². The Kier molecular flexibility index (Phi) is 4.99. The molecule has 0 radical (unpaired) electrons. The van der Waals surface area contributed by atoms with E-state index in [1.807, 2.05) is 4.68 Å². The Balaban J connectivity index is 2.18. The number of non-ortho nitro benzene ring substituents is 1. The standard InChI is InChI=1S/C14H19N5O2/c1-2-3-4-14-13(9-15)16-17-18(14)10-11-5-7-12(8-6-11)19(20)21/h5-8H,2-4,9-10,15H2,1H3. The average Bonchev–Trinajstić information content (AvgIpc) is 2.87. The van der Waals surface area contributed by atoms with Crippen molar-refractivity contribution >= 4 is 5.69 Å². The van der Waals surface area contributed by atoms with Crippen molar-refractivity contribution in [3.63, 3.8) is 0 Å². The second-order valence-corrected chi connectivity index (χ2v) is 4.87. The van der Waals surface area contributed by atoms with E-state index in [1.165, 1.54) is 12.1 Å². The van der Waals surface area contributed by atoms with E-state index in [0.717, 1.165) is 36.2 Å². The van der Waals surface area contributed by atoms with E-state index in [1.54, 1.807) is 12.1 Å². The van der Waals surface area contributed by atoms with E-state index in [9.17, 15) is 10.1 Å². The summed E-state index contributed by atoms with van der Waals surface area (Å²) in [7, 11) is 0. The quantitative estimate of drug-likeness (QED) is 0.621. The second-order valence-electron chi connectivity index (χ2n) is 4.87. The van der Waals surface area contributed by atoms with Crippen LogP contribution in [0, 0.1) is 10.1 Å². The molecule has 112 valence electrons.